The van der Waals surface area contributed by atoms with Gasteiger partial charge in [0.2, 0.25) is 10.0 Å². The molecule has 0 atom stereocenters. The molecule has 0 N–H and O–H groups in total. The van der Waals surface area contributed by atoms with Crippen molar-refractivity contribution in [1.29, 1.82) is 0 Å². The molecule has 4 nitrogen and oxygen atoms in total. The van der Waals surface area contributed by atoms with Crippen molar-refractivity contribution in [2.24, 2.45) is 0 Å². The molecule has 17 heavy (non-hydrogen) atoms. The number of benzene rings is 1. The van der Waals surface area contributed by atoms with E-state index in [4.69, 9.17) is 0 Å². The zero-order chi connectivity index (χ0) is 12.8. The van der Waals surface area contributed by atoms with E-state index in [0.29, 0.717) is 0 Å². The maximum atomic E-state index is 13.5. The molecule has 1 heterocycles. The maximum Gasteiger partial charge on any atom is 0.268 e. The van der Waals surface area contributed by atoms with E-state index < -0.39 is 33.5 Å². The number of nitrogens with zero attached hydrogens (tertiary/aromatic N) is 1. The van der Waals surface area contributed by atoms with Crippen molar-refractivity contribution in [2.75, 3.05) is 0 Å². The summed E-state index contributed by atoms with van der Waals surface area (Å²) in [5, 5.41) is 0. The first-order chi connectivity index (χ1) is 7.84. The van der Waals surface area contributed by atoms with Crippen LogP contribution >= 0.6 is 0 Å². The molecular weight excluding hydrogens is 245 g/mol. The van der Waals surface area contributed by atoms with Gasteiger partial charge in [-0.3, -0.25) is 4.79 Å². The van der Waals surface area contributed by atoms with E-state index in [1.165, 1.54) is 12.1 Å². The van der Waals surface area contributed by atoms with Crippen molar-refractivity contribution < 1.29 is 17.6 Å². The van der Waals surface area contributed by atoms with Crippen LogP contribution in [0.25, 0.3) is 0 Å². The summed E-state index contributed by atoms with van der Waals surface area (Å²) in [6.45, 7) is 3.22. The minimum Gasteiger partial charge on any atom is -0.268 e. The quantitative estimate of drug-likeness (QED) is 0.766. The van der Waals surface area contributed by atoms with Gasteiger partial charge in [0.25, 0.3) is 5.91 Å². The minimum atomic E-state index is -3.76. The van der Waals surface area contributed by atoms with Crippen LogP contribution in [0, 0.1) is 5.82 Å². The normalized spacial score (nSPS) is 18.4. The second kappa shape index (κ2) is 3.80. The second-order valence-electron chi connectivity index (χ2n) is 4.22. The summed E-state index contributed by atoms with van der Waals surface area (Å²) in [5.41, 5.74) is 0.0999. The van der Waals surface area contributed by atoms with Crippen molar-refractivity contribution in [1.82, 2.24) is 4.31 Å². The van der Waals surface area contributed by atoms with Crippen molar-refractivity contribution in [2.45, 2.75) is 25.6 Å². The lowest BCUT2D eigenvalue weighted by Crippen LogP contribution is -2.46. The Kier molecular flexibility index (Phi) is 2.69. The third kappa shape index (κ3) is 1.82. The van der Waals surface area contributed by atoms with E-state index in [1.54, 1.807) is 13.8 Å². The predicted octanol–water partition coefficient (Wildman–Crippen LogP) is 1.52. The fourth-order valence-corrected chi connectivity index (χ4v) is 3.75. The molecule has 0 saturated heterocycles. The topological polar surface area (TPSA) is 54.5 Å². The number of carbonyl (C=O) groups is 1. The molecule has 0 fully saturated rings. The van der Waals surface area contributed by atoms with E-state index in [0.717, 1.165) is 10.4 Å². The fourth-order valence-electron chi connectivity index (χ4n) is 1.96. The van der Waals surface area contributed by atoms with E-state index in [2.05, 4.69) is 0 Å². The molecule has 0 unspecified atom stereocenters. The largest absolute Gasteiger partial charge is 0.268 e. The SMILES string of the molecule is CC(C)N1C(=O)c2cccc(F)c2CS1(=O)=O. The summed E-state index contributed by atoms with van der Waals surface area (Å²) >= 11 is 0. The Morgan fingerprint density at radius 1 is 1.35 bits per heavy atom. The highest BCUT2D eigenvalue weighted by Crippen LogP contribution is 2.28. The van der Waals surface area contributed by atoms with Gasteiger partial charge in [0.1, 0.15) is 5.82 Å². The number of rotatable bonds is 1. The first-order valence-electron chi connectivity index (χ1n) is 5.18. The molecule has 0 saturated carbocycles. The van der Waals surface area contributed by atoms with Crippen molar-refractivity contribution in [3.05, 3.63) is 35.1 Å². The molecular formula is C11H12FNO3S. The molecule has 1 aliphatic heterocycles. The minimum absolute atomic E-state index is 0.0330. The molecule has 1 aromatic carbocycles. The van der Waals surface area contributed by atoms with Gasteiger partial charge < -0.3 is 0 Å². The molecule has 0 aliphatic carbocycles. The summed E-state index contributed by atoms with van der Waals surface area (Å²) in [6.07, 6.45) is 0. The third-order valence-electron chi connectivity index (χ3n) is 2.64. The second-order valence-corrected chi connectivity index (χ2v) is 6.06. The van der Waals surface area contributed by atoms with Gasteiger partial charge in [-0.1, -0.05) is 6.07 Å². The van der Waals surface area contributed by atoms with Crippen LogP contribution in [0.15, 0.2) is 18.2 Å². The number of hydrogen-bond donors (Lipinski definition) is 0. The zero-order valence-corrected chi connectivity index (χ0v) is 10.3. The van der Waals surface area contributed by atoms with Gasteiger partial charge in [-0.15, -0.1) is 0 Å². The van der Waals surface area contributed by atoms with Crippen LogP contribution in [-0.4, -0.2) is 24.7 Å². The van der Waals surface area contributed by atoms with Gasteiger partial charge in [-0.2, -0.15) is 0 Å². The molecule has 0 radical (unpaired) electrons. The first-order valence-corrected chi connectivity index (χ1v) is 6.79. The number of halogens is 1. The average molecular weight is 257 g/mol. The lowest BCUT2D eigenvalue weighted by atomic mass is 10.1. The average Bonchev–Trinajstić information content (AvgIpc) is 2.18. The van der Waals surface area contributed by atoms with Crippen molar-refractivity contribution in [3.63, 3.8) is 0 Å². The molecule has 92 valence electrons. The highest BCUT2D eigenvalue weighted by atomic mass is 32.2. The van der Waals surface area contributed by atoms with Crippen LogP contribution in [0.3, 0.4) is 0 Å². The van der Waals surface area contributed by atoms with E-state index in [9.17, 15) is 17.6 Å². The Morgan fingerprint density at radius 2 is 2.00 bits per heavy atom. The third-order valence-corrected chi connectivity index (χ3v) is 4.49. The van der Waals surface area contributed by atoms with Gasteiger partial charge in [0, 0.05) is 17.2 Å². The van der Waals surface area contributed by atoms with Gasteiger partial charge in [-0.05, 0) is 26.0 Å². The van der Waals surface area contributed by atoms with E-state index >= 15 is 0 Å². The highest BCUT2D eigenvalue weighted by molar-refractivity contribution is 7.89. The Morgan fingerprint density at radius 3 is 2.59 bits per heavy atom. The molecule has 0 bridgehead atoms. The Bertz CT molecular complexity index is 580. The lowest BCUT2D eigenvalue weighted by molar-refractivity contribution is 0.0828. The zero-order valence-electron chi connectivity index (χ0n) is 9.47. The van der Waals surface area contributed by atoms with Gasteiger partial charge in [0.05, 0.1) is 5.75 Å². The number of sulfonamides is 1. The van der Waals surface area contributed by atoms with Crippen LogP contribution in [0.4, 0.5) is 4.39 Å². The monoisotopic (exact) mass is 257 g/mol. The van der Waals surface area contributed by atoms with Crippen LogP contribution in [0.5, 0.6) is 0 Å². The molecule has 6 heteroatoms. The van der Waals surface area contributed by atoms with E-state index in [1.807, 2.05) is 0 Å². The molecule has 0 spiro atoms. The standard InChI is InChI=1S/C11H12FNO3S/c1-7(2)13-11(14)8-4-3-5-10(12)9(8)6-17(13,15)16/h3-5,7H,6H2,1-2H3. The predicted molar refractivity (Wildman–Crippen MR) is 60.3 cm³/mol. The van der Waals surface area contributed by atoms with Crippen LogP contribution in [-0.2, 0) is 15.8 Å². The summed E-state index contributed by atoms with van der Waals surface area (Å²) in [4.78, 5) is 12.0. The first kappa shape index (κ1) is 12.0. The Labute approximate surface area is 99.1 Å². The van der Waals surface area contributed by atoms with Crippen LogP contribution < -0.4 is 0 Å². The summed E-state index contributed by atoms with van der Waals surface area (Å²) < 4.78 is 38.1. The van der Waals surface area contributed by atoms with Crippen molar-refractivity contribution in [3.8, 4) is 0 Å². The summed E-state index contributed by atoms with van der Waals surface area (Å²) in [7, 11) is -3.76. The smallest absolute Gasteiger partial charge is 0.268 e. The molecule has 1 amide bonds. The molecule has 2 rings (SSSR count). The van der Waals surface area contributed by atoms with Gasteiger partial charge in [0.15, 0.2) is 0 Å². The molecule has 0 aromatic heterocycles. The fraction of sp³-hybridized carbons (Fsp3) is 0.364. The highest BCUT2D eigenvalue weighted by Gasteiger charge is 2.38. The maximum absolute atomic E-state index is 13.5. The Hall–Kier alpha value is -1.43. The number of amides is 1. The number of hydrogen-bond acceptors (Lipinski definition) is 3. The summed E-state index contributed by atoms with van der Waals surface area (Å²) in [5.74, 6) is -1.76. The lowest BCUT2D eigenvalue weighted by Gasteiger charge is -2.31. The van der Waals surface area contributed by atoms with Crippen LogP contribution in [0.2, 0.25) is 0 Å². The van der Waals surface area contributed by atoms with Crippen molar-refractivity contribution >= 4 is 15.9 Å². The van der Waals surface area contributed by atoms with Crippen LogP contribution in [0.1, 0.15) is 29.8 Å². The summed E-state index contributed by atoms with van der Waals surface area (Å²) in [6, 6.07) is 3.55. The molecule has 1 aromatic rings. The van der Waals surface area contributed by atoms with Gasteiger partial charge in [-0.25, -0.2) is 17.1 Å². The number of fused-ring (bicyclic) bond motifs is 1. The number of carbonyl (C=O) groups excluding carboxylic acids is 1. The Balaban J connectivity index is 2.66. The van der Waals surface area contributed by atoms with E-state index in [-0.39, 0.29) is 11.1 Å². The van der Waals surface area contributed by atoms with Gasteiger partial charge >= 0.3 is 0 Å². The molecule has 1 aliphatic rings.